The smallest absolute Gasteiger partial charge is 0.144 e. The zero-order chi connectivity index (χ0) is 19.5. The van der Waals surface area contributed by atoms with Crippen molar-refractivity contribution < 1.29 is 9.90 Å². The van der Waals surface area contributed by atoms with Crippen molar-refractivity contribution in [2.75, 3.05) is 0 Å². The molecule has 5 heteroatoms. The quantitative estimate of drug-likeness (QED) is 0.826. The summed E-state index contributed by atoms with van der Waals surface area (Å²) in [4.78, 5) is 17.3. The van der Waals surface area contributed by atoms with Gasteiger partial charge in [0.05, 0.1) is 12.0 Å². The molecule has 1 aromatic rings. The van der Waals surface area contributed by atoms with Gasteiger partial charge in [0.15, 0.2) is 0 Å². The summed E-state index contributed by atoms with van der Waals surface area (Å²) < 4.78 is 0. The molecular weight excluding hydrogens is 350 g/mol. The molecule has 0 spiro atoms. The van der Waals surface area contributed by atoms with E-state index in [0.717, 1.165) is 42.9 Å². The number of H-pyrrole nitrogens is 1. The van der Waals surface area contributed by atoms with Crippen LogP contribution in [0, 0.1) is 40.9 Å². The van der Waals surface area contributed by atoms with Crippen LogP contribution in [0.15, 0.2) is 6.33 Å². The number of aromatic amines is 1. The molecule has 2 N–H and O–H groups in total. The summed E-state index contributed by atoms with van der Waals surface area (Å²) in [6, 6.07) is 0. The molecule has 5 nitrogen and oxygen atoms in total. The number of aromatic nitrogens is 3. The van der Waals surface area contributed by atoms with Crippen molar-refractivity contribution in [1.29, 1.82) is 0 Å². The number of Topliss-reactive ketones (excluding diaryl/α,β-unsaturated/α-hetero) is 1. The van der Waals surface area contributed by atoms with Crippen molar-refractivity contribution in [3.8, 4) is 0 Å². The molecular formula is C23H35N3O2. The Bertz CT molecular complexity index is 730. The van der Waals surface area contributed by atoms with Crippen LogP contribution in [0.3, 0.4) is 0 Å². The Morgan fingerprint density at radius 1 is 1.11 bits per heavy atom. The van der Waals surface area contributed by atoms with Gasteiger partial charge in [-0.3, -0.25) is 9.89 Å². The summed E-state index contributed by atoms with van der Waals surface area (Å²) in [6.45, 7) is 4.45. The second-order valence-electron chi connectivity index (χ2n) is 10.9. The highest BCUT2D eigenvalue weighted by atomic mass is 16.3. The lowest BCUT2D eigenvalue weighted by Crippen LogP contribution is -2.51. The van der Waals surface area contributed by atoms with E-state index in [4.69, 9.17) is 0 Å². The van der Waals surface area contributed by atoms with E-state index in [1.165, 1.54) is 44.9 Å². The Kier molecular flexibility index (Phi) is 4.46. The average Bonchev–Trinajstić information content (AvgIpc) is 3.27. The summed E-state index contributed by atoms with van der Waals surface area (Å²) >= 11 is 0. The molecule has 28 heavy (non-hydrogen) atoms. The topological polar surface area (TPSA) is 78.9 Å². The number of hydrogen-bond donors (Lipinski definition) is 2. The zero-order valence-corrected chi connectivity index (χ0v) is 17.4. The van der Waals surface area contributed by atoms with Gasteiger partial charge in [-0.15, -0.1) is 0 Å². The number of nitrogens with one attached hydrogen (secondary N) is 1. The molecule has 154 valence electrons. The van der Waals surface area contributed by atoms with Crippen molar-refractivity contribution in [3.05, 3.63) is 12.2 Å². The number of carbonyl (C=O) groups excluding carboxylic acids is 1. The summed E-state index contributed by atoms with van der Waals surface area (Å²) in [5, 5.41) is 17.3. The fourth-order valence-corrected chi connectivity index (χ4v) is 8.21. The molecule has 0 bridgehead atoms. The largest absolute Gasteiger partial charge is 0.390 e. The summed E-state index contributed by atoms with van der Waals surface area (Å²) in [7, 11) is 0. The maximum atomic E-state index is 13.1. The molecule has 0 radical (unpaired) electrons. The molecule has 0 aromatic carbocycles. The fourth-order valence-electron chi connectivity index (χ4n) is 8.21. The van der Waals surface area contributed by atoms with E-state index in [0.29, 0.717) is 23.9 Å². The minimum Gasteiger partial charge on any atom is -0.390 e. The first-order valence-corrected chi connectivity index (χ1v) is 11.5. The van der Waals surface area contributed by atoms with Crippen molar-refractivity contribution in [1.82, 2.24) is 15.2 Å². The third-order valence-corrected chi connectivity index (χ3v) is 9.43. The average molecular weight is 386 g/mol. The fraction of sp³-hybridized carbons (Fsp3) is 0.870. The first-order chi connectivity index (χ1) is 13.4. The van der Waals surface area contributed by atoms with Crippen LogP contribution in [0.5, 0.6) is 0 Å². The lowest BCUT2D eigenvalue weighted by Gasteiger charge is -2.56. The van der Waals surface area contributed by atoms with E-state index < -0.39 is 5.60 Å². The van der Waals surface area contributed by atoms with Crippen molar-refractivity contribution in [2.24, 2.45) is 40.9 Å². The van der Waals surface area contributed by atoms with Crippen LogP contribution in [0.1, 0.15) is 77.5 Å². The molecule has 0 aliphatic heterocycles. The van der Waals surface area contributed by atoms with Gasteiger partial charge in [0.25, 0.3) is 0 Å². The van der Waals surface area contributed by atoms with Gasteiger partial charge in [0, 0.05) is 5.92 Å². The second-order valence-corrected chi connectivity index (χ2v) is 10.9. The Labute approximate surface area is 168 Å². The Morgan fingerprint density at radius 3 is 2.71 bits per heavy atom. The van der Waals surface area contributed by atoms with E-state index in [1.54, 1.807) is 0 Å². The predicted octanol–water partition coefficient (Wildman–Crippen LogP) is 3.94. The van der Waals surface area contributed by atoms with Crippen LogP contribution < -0.4 is 0 Å². The third-order valence-electron chi connectivity index (χ3n) is 9.43. The molecule has 5 rings (SSSR count). The van der Waals surface area contributed by atoms with Gasteiger partial charge in [-0.05, 0) is 99.7 Å². The van der Waals surface area contributed by atoms with E-state index in [1.807, 2.05) is 6.92 Å². The lowest BCUT2D eigenvalue weighted by atomic mass is 9.49. The van der Waals surface area contributed by atoms with Crippen LogP contribution in [0.4, 0.5) is 0 Å². The maximum absolute atomic E-state index is 13.1. The van der Waals surface area contributed by atoms with E-state index in [9.17, 15) is 9.90 Å². The summed E-state index contributed by atoms with van der Waals surface area (Å²) in [5.41, 5.74) is -0.270. The normalized spacial score (nSPS) is 47.8. The molecule has 4 aliphatic rings. The number of ketones is 1. The Morgan fingerprint density at radius 2 is 1.93 bits per heavy atom. The first kappa shape index (κ1) is 18.8. The van der Waals surface area contributed by atoms with E-state index >= 15 is 0 Å². The van der Waals surface area contributed by atoms with Crippen molar-refractivity contribution in [2.45, 2.75) is 83.7 Å². The number of rotatable bonds is 3. The minimum atomic E-state index is -0.442. The van der Waals surface area contributed by atoms with Gasteiger partial charge in [0.1, 0.15) is 17.9 Å². The number of carbonyl (C=O) groups is 1. The monoisotopic (exact) mass is 385 g/mol. The highest BCUT2D eigenvalue weighted by Gasteiger charge is 2.58. The molecule has 1 heterocycles. The molecule has 4 aliphatic carbocycles. The number of nitrogens with zero attached hydrogens (tertiary/aromatic N) is 2. The second kappa shape index (κ2) is 6.65. The van der Waals surface area contributed by atoms with E-state index in [2.05, 4.69) is 22.1 Å². The number of hydrogen-bond acceptors (Lipinski definition) is 4. The van der Waals surface area contributed by atoms with Crippen LogP contribution in [0.25, 0.3) is 0 Å². The van der Waals surface area contributed by atoms with Crippen molar-refractivity contribution >= 4 is 5.78 Å². The number of fused-ring (bicyclic) bond motifs is 5. The maximum Gasteiger partial charge on any atom is 0.144 e. The standard InChI is InChI=1S/C23H35N3O2/c1-22(28)9-7-15-14(12-22)3-4-17-16(15)8-10-23(2)18(17)5-6-19(23)20(27)11-21-24-13-25-26-21/h13-19,28H,3-12H2,1-2H3,(H,24,25,26)/t14-,15+,16-,17-,18+,19-,22-,23+/m1/s1. The molecule has 0 amide bonds. The van der Waals surface area contributed by atoms with Gasteiger partial charge >= 0.3 is 0 Å². The van der Waals surface area contributed by atoms with Gasteiger partial charge in [-0.1, -0.05) is 6.92 Å². The van der Waals surface area contributed by atoms with Crippen LogP contribution in [-0.4, -0.2) is 31.7 Å². The van der Waals surface area contributed by atoms with Gasteiger partial charge in [-0.25, -0.2) is 4.98 Å². The van der Waals surface area contributed by atoms with Gasteiger partial charge < -0.3 is 5.11 Å². The molecule has 1 aromatic heterocycles. The third kappa shape index (κ3) is 2.96. The van der Waals surface area contributed by atoms with Crippen LogP contribution in [-0.2, 0) is 11.2 Å². The van der Waals surface area contributed by atoms with E-state index in [-0.39, 0.29) is 11.3 Å². The Balaban J connectivity index is 1.32. The molecule has 0 saturated heterocycles. The Hall–Kier alpha value is -1.23. The van der Waals surface area contributed by atoms with Gasteiger partial charge in [0.2, 0.25) is 0 Å². The highest BCUT2D eigenvalue weighted by molar-refractivity contribution is 5.83. The minimum absolute atomic E-state index is 0.172. The van der Waals surface area contributed by atoms with Crippen LogP contribution in [0.2, 0.25) is 0 Å². The number of aliphatic hydroxyl groups is 1. The van der Waals surface area contributed by atoms with Crippen LogP contribution >= 0.6 is 0 Å². The molecule has 0 unspecified atom stereocenters. The predicted molar refractivity (Wildman–Crippen MR) is 106 cm³/mol. The SMILES string of the molecule is C[C@@]1(O)CC[C@H]2[C@H](CC[C@@H]3[C@@H]2CC[C@]2(C)[C@@H](C(=O)Cc4ncn[nH]4)CC[C@@H]32)C1. The first-order valence-electron chi connectivity index (χ1n) is 11.5. The summed E-state index contributed by atoms with van der Waals surface area (Å²) in [5.74, 6) is 5.13. The zero-order valence-electron chi connectivity index (χ0n) is 17.4. The molecule has 4 saturated carbocycles. The van der Waals surface area contributed by atoms with Crippen molar-refractivity contribution in [3.63, 3.8) is 0 Å². The highest BCUT2D eigenvalue weighted by Crippen LogP contribution is 2.64. The lowest BCUT2D eigenvalue weighted by molar-refractivity contribution is -0.131. The molecule has 8 atom stereocenters. The summed E-state index contributed by atoms with van der Waals surface area (Å²) in [6.07, 6.45) is 12.4. The molecule has 4 fully saturated rings. The van der Waals surface area contributed by atoms with Gasteiger partial charge in [-0.2, -0.15) is 5.10 Å².